The highest BCUT2D eigenvalue weighted by molar-refractivity contribution is 6.11. The minimum Gasteiger partial charge on any atom is -0.478 e. The van der Waals surface area contributed by atoms with Crippen LogP contribution < -0.4 is 0 Å². The van der Waals surface area contributed by atoms with Crippen LogP contribution in [0.2, 0.25) is 0 Å². The molecule has 1 N–H and O–H groups in total. The van der Waals surface area contributed by atoms with Crippen LogP contribution in [0.3, 0.4) is 0 Å². The third-order valence-electron chi connectivity index (χ3n) is 3.51. The summed E-state index contributed by atoms with van der Waals surface area (Å²) < 4.78 is 1.82. The van der Waals surface area contributed by atoms with Gasteiger partial charge in [-0.2, -0.15) is 0 Å². The number of aryl methyl sites for hydroxylation is 1. The summed E-state index contributed by atoms with van der Waals surface area (Å²) in [5.41, 5.74) is 3.03. The van der Waals surface area contributed by atoms with E-state index in [-0.39, 0.29) is 5.78 Å². The molecule has 0 radical (unpaired) electrons. The Kier molecular flexibility index (Phi) is 5.31. The van der Waals surface area contributed by atoms with Gasteiger partial charge in [-0.15, -0.1) is 0 Å². The number of carbonyl (C=O) groups excluding carboxylic acids is 1. The molecule has 2 aromatic rings. The van der Waals surface area contributed by atoms with Crippen LogP contribution in [0.1, 0.15) is 35.0 Å². The molecule has 0 aliphatic heterocycles. The Morgan fingerprint density at radius 1 is 1.22 bits per heavy atom. The van der Waals surface area contributed by atoms with Gasteiger partial charge in [0.1, 0.15) is 0 Å². The molecule has 1 heterocycles. The Morgan fingerprint density at radius 2 is 1.91 bits per heavy atom. The number of carboxylic acids is 1. The van der Waals surface area contributed by atoms with Crippen molar-refractivity contribution in [2.75, 3.05) is 0 Å². The summed E-state index contributed by atoms with van der Waals surface area (Å²) in [4.78, 5) is 23.1. The number of carbonyl (C=O) groups is 2. The molecule has 0 bridgehead atoms. The number of Topliss-reactive ketones (excluding diaryl/α,β-unsaturated/α-hetero) is 1. The first kappa shape index (κ1) is 16.5. The first-order valence-electron chi connectivity index (χ1n) is 7.39. The second-order valence-electron chi connectivity index (χ2n) is 5.20. The van der Waals surface area contributed by atoms with Crippen LogP contribution in [0.25, 0.3) is 12.2 Å². The summed E-state index contributed by atoms with van der Waals surface area (Å²) in [7, 11) is 1.84. The van der Waals surface area contributed by atoms with E-state index in [4.69, 9.17) is 5.11 Å². The van der Waals surface area contributed by atoms with E-state index in [0.717, 1.165) is 22.9 Å². The van der Waals surface area contributed by atoms with Crippen molar-refractivity contribution in [3.05, 3.63) is 71.1 Å². The number of hydrogen-bond acceptors (Lipinski definition) is 2. The smallest absolute Gasteiger partial charge is 0.328 e. The van der Waals surface area contributed by atoms with E-state index in [0.29, 0.717) is 12.0 Å². The van der Waals surface area contributed by atoms with Crippen molar-refractivity contribution in [2.24, 2.45) is 7.05 Å². The quantitative estimate of drug-likeness (QED) is 0.652. The number of rotatable bonds is 6. The lowest BCUT2D eigenvalue weighted by molar-refractivity contribution is -0.131. The first-order chi connectivity index (χ1) is 11.0. The SMILES string of the molecule is CC/C(=C\c1cc(/C=C/C(=O)O)n(C)c1)C(=O)c1ccccc1. The third kappa shape index (κ3) is 4.30. The third-order valence-corrected chi connectivity index (χ3v) is 3.51. The molecule has 118 valence electrons. The van der Waals surface area contributed by atoms with Crippen LogP contribution in [0, 0.1) is 0 Å². The summed E-state index contributed by atoms with van der Waals surface area (Å²) in [5.74, 6) is -0.976. The number of benzene rings is 1. The maximum atomic E-state index is 12.5. The zero-order valence-corrected chi connectivity index (χ0v) is 13.2. The molecule has 1 aromatic carbocycles. The van der Waals surface area contributed by atoms with Gasteiger partial charge in [-0.25, -0.2) is 4.79 Å². The van der Waals surface area contributed by atoms with E-state index in [1.165, 1.54) is 6.08 Å². The molecular weight excluding hydrogens is 290 g/mol. The number of hydrogen-bond donors (Lipinski definition) is 1. The van der Waals surface area contributed by atoms with Crippen molar-refractivity contribution in [2.45, 2.75) is 13.3 Å². The molecule has 1 aromatic heterocycles. The molecule has 0 spiro atoms. The Labute approximate surface area is 135 Å². The molecule has 0 aliphatic rings. The molecule has 0 fully saturated rings. The van der Waals surface area contributed by atoms with E-state index >= 15 is 0 Å². The van der Waals surface area contributed by atoms with Crippen LogP contribution in [-0.2, 0) is 11.8 Å². The average Bonchev–Trinajstić information content (AvgIpc) is 2.90. The molecule has 0 saturated heterocycles. The Hall–Kier alpha value is -2.88. The summed E-state index contributed by atoms with van der Waals surface area (Å²) >= 11 is 0. The van der Waals surface area contributed by atoms with Crippen molar-refractivity contribution in [3.63, 3.8) is 0 Å². The van der Waals surface area contributed by atoms with Gasteiger partial charge in [0, 0.05) is 36.2 Å². The zero-order valence-electron chi connectivity index (χ0n) is 13.2. The molecule has 23 heavy (non-hydrogen) atoms. The molecule has 0 amide bonds. The lowest BCUT2D eigenvalue weighted by Crippen LogP contribution is -2.02. The van der Waals surface area contributed by atoms with Gasteiger partial charge in [-0.05, 0) is 30.2 Å². The highest BCUT2D eigenvalue weighted by Gasteiger charge is 2.11. The van der Waals surface area contributed by atoms with Gasteiger partial charge < -0.3 is 9.67 Å². The normalized spacial score (nSPS) is 11.8. The Morgan fingerprint density at radius 3 is 2.52 bits per heavy atom. The van der Waals surface area contributed by atoms with Crippen molar-refractivity contribution in [1.29, 1.82) is 0 Å². The summed E-state index contributed by atoms with van der Waals surface area (Å²) in [6, 6.07) is 11.0. The molecule has 4 nitrogen and oxygen atoms in total. The van der Waals surface area contributed by atoms with Crippen LogP contribution in [0.5, 0.6) is 0 Å². The van der Waals surface area contributed by atoms with Gasteiger partial charge in [0.25, 0.3) is 0 Å². The second-order valence-corrected chi connectivity index (χ2v) is 5.20. The van der Waals surface area contributed by atoms with E-state index in [1.54, 1.807) is 12.1 Å². The second kappa shape index (κ2) is 7.40. The van der Waals surface area contributed by atoms with Crippen LogP contribution in [0.4, 0.5) is 0 Å². The fraction of sp³-hybridized carbons (Fsp3) is 0.158. The standard InChI is InChI=1S/C19H19NO3/c1-3-15(19(23)16-7-5-4-6-8-16)11-14-12-17(20(2)13-14)9-10-18(21)22/h4-13H,3H2,1-2H3,(H,21,22)/b10-9+,15-11+. The van der Waals surface area contributed by atoms with E-state index in [1.807, 2.05) is 55.1 Å². The molecule has 0 unspecified atom stereocenters. The highest BCUT2D eigenvalue weighted by Crippen LogP contribution is 2.18. The number of ketones is 1. The fourth-order valence-electron chi connectivity index (χ4n) is 2.31. The van der Waals surface area contributed by atoms with Crippen molar-refractivity contribution in [3.8, 4) is 0 Å². The average molecular weight is 309 g/mol. The molecule has 4 heteroatoms. The largest absolute Gasteiger partial charge is 0.478 e. The van der Waals surface area contributed by atoms with Crippen LogP contribution in [0.15, 0.2) is 54.2 Å². The predicted molar refractivity (Wildman–Crippen MR) is 91.1 cm³/mol. The van der Waals surface area contributed by atoms with E-state index in [2.05, 4.69) is 0 Å². The number of nitrogens with zero attached hydrogens (tertiary/aromatic N) is 1. The lowest BCUT2D eigenvalue weighted by atomic mass is 10.00. The maximum absolute atomic E-state index is 12.5. The summed E-state index contributed by atoms with van der Waals surface area (Å²) in [5, 5.41) is 8.70. The van der Waals surface area contributed by atoms with Crippen molar-refractivity contribution < 1.29 is 14.7 Å². The van der Waals surface area contributed by atoms with E-state index in [9.17, 15) is 9.59 Å². The first-order valence-corrected chi connectivity index (χ1v) is 7.39. The Balaban J connectivity index is 2.30. The topological polar surface area (TPSA) is 59.3 Å². The van der Waals surface area contributed by atoms with Gasteiger partial charge in [0.05, 0.1) is 0 Å². The Bertz CT molecular complexity index is 767. The molecule has 0 saturated carbocycles. The van der Waals surface area contributed by atoms with Crippen molar-refractivity contribution >= 4 is 23.9 Å². The summed E-state index contributed by atoms with van der Waals surface area (Å²) in [6.45, 7) is 1.95. The monoisotopic (exact) mass is 309 g/mol. The van der Waals surface area contributed by atoms with Gasteiger partial charge in [-0.1, -0.05) is 37.3 Å². The van der Waals surface area contributed by atoms with E-state index < -0.39 is 5.97 Å². The lowest BCUT2D eigenvalue weighted by Gasteiger charge is -2.03. The molecular formula is C19H19NO3. The number of carboxylic acid groups (broad SMARTS) is 1. The highest BCUT2D eigenvalue weighted by atomic mass is 16.4. The van der Waals surface area contributed by atoms with Crippen molar-refractivity contribution in [1.82, 2.24) is 4.57 Å². The predicted octanol–water partition coefficient (Wildman–Crippen LogP) is 3.80. The number of allylic oxidation sites excluding steroid dienone is 1. The van der Waals surface area contributed by atoms with Gasteiger partial charge in [0.15, 0.2) is 5.78 Å². The van der Waals surface area contributed by atoms with Gasteiger partial charge >= 0.3 is 5.97 Å². The minimum atomic E-state index is -0.989. The maximum Gasteiger partial charge on any atom is 0.328 e. The van der Waals surface area contributed by atoms with Gasteiger partial charge in [-0.3, -0.25) is 4.79 Å². The van der Waals surface area contributed by atoms with Crippen LogP contribution in [-0.4, -0.2) is 21.4 Å². The number of aromatic nitrogens is 1. The molecule has 0 aliphatic carbocycles. The molecule has 0 atom stereocenters. The fourth-order valence-corrected chi connectivity index (χ4v) is 2.31. The zero-order chi connectivity index (χ0) is 16.8. The van der Waals surface area contributed by atoms with Gasteiger partial charge in [0.2, 0.25) is 0 Å². The number of aliphatic carboxylic acids is 1. The minimum absolute atomic E-state index is 0.0135. The van der Waals surface area contributed by atoms with Crippen LogP contribution >= 0.6 is 0 Å². The summed E-state index contributed by atoms with van der Waals surface area (Å²) in [6.07, 6.45) is 6.98. The molecule has 2 rings (SSSR count).